The fourth-order valence-corrected chi connectivity index (χ4v) is 3.07. The van der Waals surface area contributed by atoms with Crippen LogP contribution in [0.4, 0.5) is 0 Å². The SMILES string of the molecule is COc1ccc(CNCc2cc3c(C)cc(C)cc3nc2Cl)cc1. The van der Waals surface area contributed by atoms with Crippen molar-refractivity contribution in [2.45, 2.75) is 26.9 Å². The molecule has 3 rings (SSSR count). The predicted molar refractivity (Wildman–Crippen MR) is 99.8 cm³/mol. The molecule has 2 aromatic carbocycles. The van der Waals surface area contributed by atoms with Crippen LogP contribution in [0.25, 0.3) is 10.9 Å². The molecule has 4 heteroatoms. The lowest BCUT2D eigenvalue weighted by Gasteiger charge is -2.10. The van der Waals surface area contributed by atoms with E-state index in [9.17, 15) is 0 Å². The second kappa shape index (κ2) is 7.20. The number of nitrogens with zero attached hydrogens (tertiary/aromatic N) is 1. The van der Waals surface area contributed by atoms with Gasteiger partial charge >= 0.3 is 0 Å². The van der Waals surface area contributed by atoms with Gasteiger partial charge in [-0.3, -0.25) is 0 Å². The van der Waals surface area contributed by atoms with Crippen LogP contribution >= 0.6 is 11.6 Å². The second-order valence-electron chi connectivity index (χ2n) is 6.04. The van der Waals surface area contributed by atoms with E-state index in [0.29, 0.717) is 11.7 Å². The van der Waals surface area contributed by atoms with E-state index >= 15 is 0 Å². The molecule has 3 aromatic rings. The van der Waals surface area contributed by atoms with E-state index in [0.717, 1.165) is 28.8 Å². The largest absolute Gasteiger partial charge is 0.497 e. The molecule has 0 unspecified atom stereocenters. The first-order valence-corrected chi connectivity index (χ1v) is 8.34. The maximum absolute atomic E-state index is 6.36. The molecule has 1 heterocycles. The van der Waals surface area contributed by atoms with Crippen molar-refractivity contribution in [3.05, 3.63) is 69.9 Å². The van der Waals surface area contributed by atoms with Gasteiger partial charge in [-0.1, -0.05) is 29.8 Å². The lowest BCUT2D eigenvalue weighted by molar-refractivity contribution is 0.414. The van der Waals surface area contributed by atoms with Crippen LogP contribution < -0.4 is 10.1 Å². The number of rotatable bonds is 5. The van der Waals surface area contributed by atoms with Crippen molar-refractivity contribution in [1.82, 2.24) is 10.3 Å². The number of nitrogens with one attached hydrogen (secondary N) is 1. The zero-order valence-corrected chi connectivity index (χ0v) is 14.9. The van der Waals surface area contributed by atoms with Crippen LogP contribution in [0.2, 0.25) is 5.15 Å². The van der Waals surface area contributed by atoms with Crippen molar-refractivity contribution in [3.63, 3.8) is 0 Å². The predicted octanol–water partition coefficient (Wildman–Crippen LogP) is 4.80. The van der Waals surface area contributed by atoms with Crippen molar-refractivity contribution in [2.75, 3.05) is 7.11 Å². The van der Waals surface area contributed by atoms with Gasteiger partial charge in [0.05, 0.1) is 12.6 Å². The highest BCUT2D eigenvalue weighted by atomic mass is 35.5. The van der Waals surface area contributed by atoms with Crippen molar-refractivity contribution >= 4 is 22.5 Å². The summed E-state index contributed by atoms with van der Waals surface area (Å²) in [5.41, 5.74) is 5.60. The summed E-state index contributed by atoms with van der Waals surface area (Å²) in [6.07, 6.45) is 0. The lowest BCUT2D eigenvalue weighted by atomic mass is 10.0. The molecule has 0 spiro atoms. The Morgan fingerprint density at radius 2 is 1.79 bits per heavy atom. The third kappa shape index (κ3) is 3.69. The minimum atomic E-state index is 0.565. The van der Waals surface area contributed by atoms with Gasteiger partial charge in [0, 0.05) is 24.0 Å². The first kappa shape index (κ1) is 16.7. The lowest BCUT2D eigenvalue weighted by Crippen LogP contribution is -2.13. The summed E-state index contributed by atoms with van der Waals surface area (Å²) < 4.78 is 5.17. The molecule has 0 saturated heterocycles. The zero-order chi connectivity index (χ0) is 17.1. The summed E-state index contributed by atoms with van der Waals surface area (Å²) in [5.74, 6) is 0.867. The summed E-state index contributed by atoms with van der Waals surface area (Å²) >= 11 is 6.36. The van der Waals surface area contributed by atoms with Crippen molar-refractivity contribution in [1.29, 1.82) is 0 Å². The van der Waals surface area contributed by atoms with Gasteiger partial charge in [-0.25, -0.2) is 4.98 Å². The molecule has 0 radical (unpaired) electrons. The smallest absolute Gasteiger partial charge is 0.134 e. The van der Waals surface area contributed by atoms with Gasteiger partial charge in [0.1, 0.15) is 10.9 Å². The quantitative estimate of drug-likeness (QED) is 0.677. The van der Waals surface area contributed by atoms with E-state index in [1.165, 1.54) is 16.7 Å². The van der Waals surface area contributed by atoms with Crippen LogP contribution in [0.1, 0.15) is 22.3 Å². The molecule has 0 bridgehead atoms. The Bertz CT molecular complexity index is 860. The summed E-state index contributed by atoms with van der Waals surface area (Å²) in [7, 11) is 1.67. The zero-order valence-electron chi connectivity index (χ0n) is 14.2. The van der Waals surface area contributed by atoms with E-state index in [1.807, 2.05) is 12.1 Å². The van der Waals surface area contributed by atoms with Crippen LogP contribution in [0.5, 0.6) is 5.75 Å². The van der Waals surface area contributed by atoms with Gasteiger partial charge < -0.3 is 10.1 Å². The Hall–Kier alpha value is -2.10. The summed E-state index contributed by atoms with van der Waals surface area (Å²) in [5, 5.41) is 5.15. The molecular weight excluding hydrogens is 320 g/mol. The number of aryl methyl sites for hydroxylation is 2. The molecule has 1 aromatic heterocycles. The molecule has 0 atom stereocenters. The number of hydrogen-bond donors (Lipinski definition) is 1. The molecular formula is C20H21ClN2O. The molecule has 124 valence electrons. The maximum atomic E-state index is 6.36. The van der Waals surface area contributed by atoms with Gasteiger partial charge in [-0.05, 0) is 54.8 Å². The number of benzene rings is 2. The molecule has 0 aliphatic rings. The minimum Gasteiger partial charge on any atom is -0.497 e. The molecule has 0 amide bonds. The summed E-state index contributed by atoms with van der Waals surface area (Å²) in [6, 6.07) is 14.4. The van der Waals surface area contributed by atoms with Crippen molar-refractivity contribution < 1.29 is 4.74 Å². The van der Waals surface area contributed by atoms with Crippen molar-refractivity contribution in [3.8, 4) is 5.75 Å². The molecule has 24 heavy (non-hydrogen) atoms. The Kier molecular flexibility index (Phi) is 5.03. The molecule has 3 nitrogen and oxygen atoms in total. The third-order valence-corrected chi connectivity index (χ3v) is 4.44. The van der Waals surface area contributed by atoms with Gasteiger partial charge in [0.2, 0.25) is 0 Å². The average molecular weight is 341 g/mol. The molecule has 0 saturated carbocycles. The van der Waals surface area contributed by atoms with Crippen molar-refractivity contribution in [2.24, 2.45) is 0 Å². The first-order chi connectivity index (χ1) is 11.6. The molecule has 0 aliphatic carbocycles. The number of fused-ring (bicyclic) bond motifs is 1. The molecule has 0 aliphatic heterocycles. The van der Waals surface area contributed by atoms with E-state index in [-0.39, 0.29) is 0 Å². The van der Waals surface area contributed by atoms with Gasteiger partial charge in [0.15, 0.2) is 0 Å². The third-order valence-electron chi connectivity index (χ3n) is 4.12. The second-order valence-corrected chi connectivity index (χ2v) is 6.40. The Morgan fingerprint density at radius 3 is 2.50 bits per heavy atom. The van der Waals surface area contributed by atoms with Crippen LogP contribution in [0.3, 0.4) is 0 Å². The van der Waals surface area contributed by atoms with Crippen LogP contribution in [0.15, 0.2) is 42.5 Å². The van der Waals surface area contributed by atoms with E-state index in [4.69, 9.17) is 16.3 Å². The monoisotopic (exact) mass is 340 g/mol. The Labute approximate surface area is 147 Å². The van der Waals surface area contributed by atoms with Crippen LogP contribution in [-0.4, -0.2) is 12.1 Å². The van der Waals surface area contributed by atoms with Gasteiger partial charge in [-0.15, -0.1) is 0 Å². The Morgan fingerprint density at radius 1 is 1.04 bits per heavy atom. The molecule has 0 fully saturated rings. The molecule has 1 N–H and O–H groups in total. The Balaban J connectivity index is 1.73. The van der Waals surface area contributed by atoms with E-state index < -0.39 is 0 Å². The fraction of sp³-hybridized carbons (Fsp3) is 0.250. The average Bonchev–Trinajstić information content (AvgIpc) is 2.56. The highest BCUT2D eigenvalue weighted by Gasteiger charge is 2.07. The highest BCUT2D eigenvalue weighted by molar-refractivity contribution is 6.30. The van der Waals surface area contributed by atoms with Gasteiger partial charge in [0.25, 0.3) is 0 Å². The fourth-order valence-electron chi connectivity index (χ4n) is 2.86. The highest BCUT2D eigenvalue weighted by Crippen LogP contribution is 2.24. The normalized spacial score (nSPS) is 11.0. The number of halogens is 1. The number of ether oxygens (including phenoxy) is 1. The van der Waals surface area contributed by atoms with E-state index in [2.05, 4.69) is 54.5 Å². The number of pyridine rings is 1. The minimum absolute atomic E-state index is 0.565. The van der Waals surface area contributed by atoms with Crippen LogP contribution in [0, 0.1) is 13.8 Å². The maximum Gasteiger partial charge on any atom is 0.134 e. The number of methoxy groups -OCH3 is 1. The topological polar surface area (TPSA) is 34.1 Å². The van der Waals surface area contributed by atoms with Gasteiger partial charge in [-0.2, -0.15) is 0 Å². The number of hydrogen-bond acceptors (Lipinski definition) is 3. The summed E-state index contributed by atoms with van der Waals surface area (Å²) in [6.45, 7) is 5.64. The summed E-state index contributed by atoms with van der Waals surface area (Å²) in [4.78, 5) is 4.55. The first-order valence-electron chi connectivity index (χ1n) is 7.97. The standard InChI is InChI=1S/C20H21ClN2O/c1-13-8-14(2)18-10-16(20(21)23-19(18)9-13)12-22-11-15-4-6-17(24-3)7-5-15/h4-10,22H,11-12H2,1-3H3. The number of aromatic nitrogens is 1. The van der Waals surface area contributed by atoms with E-state index in [1.54, 1.807) is 7.11 Å². The van der Waals surface area contributed by atoms with Crippen LogP contribution in [-0.2, 0) is 13.1 Å².